The Morgan fingerprint density at radius 3 is 2.62 bits per heavy atom. The summed E-state index contributed by atoms with van der Waals surface area (Å²) in [4.78, 5) is 44.7. The molecule has 122 valence electrons. The number of hydrogen-bond acceptors (Lipinski definition) is 5. The molecule has 1 aromatic carbocycles. The molecule has 1 N–H and O–H groups in total. The minimum absolute atomic E-state index is 0.0530. The first-order chi connectivity index (χ1) is 11.5. The summed E-state index contributed by atoms with van der Waals surface area (Å²) >= 11 is 1.31. The topological polar surface area (TPSA) is 83.1 Å². The van der Waals surface area contributed by atoms with E-state index >= 15 is 0 Å². The van der Waals surface area contributed by atoms with Crippen molar-refractivity contribution >= 4 is 33.2 Å². The Balaban J connectivity index is 1.78. The van der Waals surface area contributed by atoms with E-state index < -0.39 is 11.7 Å². The number of likely N-dealkylation sites (N-methyl/N-ethyl adjacent to an activating group) is 1. The Kier molecular flexibility index (Phi) is 4.26. The van der Waals surface area contributed by atoms with Gasteiger partial charge in [0.25, 0.3) is 11.5 Å². The lowest BCUT2D eigenvalue weighted by Gasteiger charge is -2.15. The number of carbonyl (C=O) groups is 2. The monoisotopic (exact) mass is 341 g/mol. The second-order valence-corrected chi connectivity index (χ2v) is 6.42. The van der Waals surface area contributed by atoms with Crippen molar-refractivity contribution < 1.29 is 9.59 Å². The number of amides is 1. The number of H-pyrrole nitrogens is 1. The van der Waals surface area contributed by atoms with Crippen LogP contribution in [0.1, 0.15) is 21.7 Å². The van der Waals surface area contributed by atoms with Crippen molar-refractivity contribution in [3.8, 4) is 0 Å². The lowest BCUT2D eigenvalue weighted by atomic mass is 10.1. The van der Waals surface area contributed by atoms with E-state index in [4.69, 9.17) is 0 Å². The third-order valence-electron chi connectivity index (χ3n) is 3.61. The smallest absolute Gasteiger partial charge is 0.295 e. The average molecular weight is 341 g/mol. The molecule has 1 amide bonds. The van der Waals surface area contributed by atoms with Crippen molar-refractivity contribution in [2.24, 2.45) is 0 Å². The molecule has 0 saturated heterocycles. The molecule has 0 spiro atoms. The Bertz CT molecular complexity index is 973. The number of Topliss-reactive ketones (excluding diaryl/α,β-unsaturated/α-hetero) is 1. The molecule has 0 aliphatic carbocycles. The number of aryl methyl sites for hydroxylation is 1. The van der Waals surface area contributed by atoms with Crippen LogP contribution in [-0.4, -0.2) is 33.6 Å². The molecule has 0 fully saturated rings. The molecule has 0 aliphatic heterocycles. The Labute approximate surface area is 141 Å². The lowest BCUT2D eigenvalue weighted by molar-refractivity contribution is -0.125. The quantitative estimate of drug-likeness (QED) is 0.582. The van der Waals surface area contributed by atoms with Crippen LogP contribution >= 0.6 is 11.3 Å². The maximum atomic E-state index is 12.3. The van der Waals surface area contributed by atoms with E-state index in [0.717, 1.165) is 5.56 Å². The van der Waals surface area contributed by atoms with E-state index in [-0.39, 0.29) is 12.1 Å². The minimum Gasteiger partial charge on any atom is -0.331 e. The summed E-state index contributed by atoms with van der Waals surface area (Å²) in [5.74, 6) is -0.887. The van der Waals surface area contributed by atoms with Crippen LogP contribution in [0.3, 0.4) is 0 Å². The van der Waals surface area contributed by atoms with Gasteiger partial charge in [-0.1, -0.05) is 29.8 Å². The molecule has 3 rings (SSSR count). The zero-order valence-electron chi connectivity index (χ0n) is 13.2. The number of aromatic amines is 1. The molecule has 6 nitrogen and oxygen atoms in total. The minimum atomic E-state index is -0.646. The van der Waals surface area contributed by atoms with Crippen molar-refractivity contribution in [1.29, 1.82) is 0 Å². The highest BCUT2D eigenvalue weighted by Crippen LogP contribution is 2.14. The zero-order chi connectivity index (χ0) is 17.3. The van der Waals surface area contributed by atoms with Crippen molar-refractivity contribution in [2.45, 2.75) is 13.5 Å². The predicted molar refractivity (Wildman–Crippen MR) is 92.2 cm³/mol. The number of ketones is 1. The van der Waals surface area contributed by atoms with Crippen LogP contribution < -0.4 is 5.56 Å². The van der Waals surface area contributed by atoms with Gasteiger partial charge >= 0.3 is 0 Å². The number of nitrogens with one attached hydrogen (secondary N) is 1. The first-order valence-electron chi connectivity index (χ1n) is 7.28. The number of thiophene rings is 1. The first-order valence-corrected chi connectivity index (χ1v) is 8.16. The van der Waals surface area contributed by atoms with Gasteiger partial charge in [-0.05, 0) is 18.4 Å². The van der Waals surface area contributed by atoms with Crippen LogP contribution in [0.25, 0.3) is 10.2 Å². The van der Waals surface area contributed by atoms with Crippen LogP contribution in [0.5, 0.6) is 0 Å². The summed E-state index contributed by atoms with van der Waals surface area (Å²) in [6, 6.07) is 8.56. The van der Waals surface area contributed by atoms with Gasteiger partial charge in [-0.2, -0.15) is 0 Å². The van der Waals surface area contributed by atoms with Crippen molar-refractivity contribution in [3.05, 3.63) is 63.0 Å². The van der Waals surface area contributed by atoms with Gasteiger partial charge in [0, 0.05) is 12.6 Å². The molecule has 0 atom stereocenters. The van der Waals surface area contributed by atoms with Crippen LogP contribution in [-0.2, 0) is 11.3 Å². The zero-order valence-corrected chi connectivity index (χ0v) is 14.0. The standard InChI is InChI=1S/C17H15N3O3S/c1-10-3-5-11(6-4-10)14(21)17(23)20(2)9-13-18-12-7-8-24-15(12)16(22)19-13/h3-8H,9H2,1-2H3,(H,18,19,22). The fraction of sp³-hybridized carbons (Fsp3) is 0.176. The van der Waals surface area contributed by atoms with E-state index in [1.807, 2.05) is 6.92 Å². The van der Waals surface area contributed by atoms with E-state index in [2.05, 4.69) is 9.97 Å². The molecule has 2 aromatic heterocycles. The molecule has 0 bridgehead atoms. The number of hydrogen-bond donors (Lipinski definition) is 1. The highest BCUT2D eigenvalue weighted by atomic mass is 32.1. The normalized spacial score (nSPS) is 10.8. The number of benzene rings is 1. The van der Waals surface area contributed by atoms with Gasteiger partial charge in [-0.15, -0.1) is 11.3 Å². The predicted octanol–water partition coefficient (Wildman–Crippen LogP) is 2.13. The number of nitrogens with zero attached hydrogens (tertiary/aromatic N) is 2. The molecule has 2 heterocycles. The molecule has 0 radical (unpaired) electrons. The number of rotatable bonds is 4. The van der Waals surface area contributed by atoms with E-state index in [0.29, 0.717) is 21.6 Å². The molecule has 0 saturated carbocycles. The first kappa shape index (κ1) is 16.1. The Hall–Kier alpha value is -2.80. The van der Waals surface area contributed by atoms with Gasteiger partial charge in [-0.25, -0.2) is 4.98 Å². The molecular weight excluding hydrogens is 326 g/mol. The fourth-order valence-corrected chi connectivity index (χ4v) is 3.02. The highest BCUT2D eigenvalue weighted by Gasteiger charge is 2.21. The van der Waals surface area contributed by atoms with Gasteiger partial charge in [-0.3, -0.25) is 14.4 Å². The molecule has 24 heavy (non-hydrogen) atoms. The van der Waals surface area contributed by atoms with Gasteiger partial charge in [0.2, 0.25) is 5.78 Å². The maximum Gasteiger partial charge on any atom is 0.295 e. The number of fused-ring (bicyclic) bond motifs is 1. The average Bonchev–Trinajstić information content (AvgIpc) is 3.03. The van der Waals surface area contributed by atoms with E-state index in [1.54, 1.807) is 35.7 Å². The Morgan fingerprint density at radius 1 is 1.21 bits per heavy atom. The highest BCUT2D eigenvalue weighted by molar-refractivity contribution is 7.17. The van der Waals surface area contributed by atoms with Crippen LogP contribution in [0.2, 0.25) is 0 Å². The van der Waals surface area contributed by atoms with Gasteiger partial charge in [0.15, 0.2) is 0 Å². The second kappa shape index (κ2) is 6.37. The van der Waals surface area contributed by atoms with E-state index in [9.17, 15) is 14.4 Å². The maximum absolute atomic E-state index is 12.3. The molecular formula is C17H15N3O3S. The van der Waals surface area contributed by atoms with Crippen molar-refractivity contribution in [3.63, 3.8) is 0 Å². The van der Waals surface area contributed by atoms with Crippen LogP contribution in [0, 0.1) is 6.92 Å². The molecule has 7 heteroatoms. The molecule has 0 unspecified atom stereocenters. The molecule has 3 aromatic rings. The third-order valence-corrected chi connectivity index (χ3v) is 4.51. The van der Waals surface area contributed by atoms with Gasteiger partial charge in [0.1, 0.15) is 10.5 Å². The third kappa shape index (κ3) is 3.11. The number of carbonyl (C=O) groups excluding carboxylic acids is 2. The Morgan fingerprint density at radius 2 is 1.92 bits per heavy atom. The van der Waals surface area contributed by atoms with Crippen molar-refractivity contribution in [2.75, 3.05) is 7.05 Å². The fourth-order valence-electron chi connectivity index (χ4n) is 2.29. The second-order valence-electron chi connectivity index (χ2n) is 5.50. The van der Waals surface area contributed by atoms with E-state index in [1.165, 1.54) is 23.3 Å². The summed E-state index contributed by atoms with van der Waals surface area (Å²) in [6.07, 6.45) is 0. The summed E-state index contributed by atoms with van der Waals surface area (Å²) in [7, 11) is 1.51. The van der Waals surface area contributed by atoms with Gasteiger partial charge in [0.05, 0.1) is 12.1 Å². The van der Waals surface area contributed by atoms with Crippen molar-refractivity contribution in [1.82, 2.24) is 14.9 Å². The largest absolute Gasteiger partial charge is 0.331 e. The van der Waals surface area contributed by atoms with Crippen LogP contribution in [0.15, 0.2) is 40.5 Å². The van der Waals surface area contributed by atoms with Crippen LogP contribution in [0.4, 0.5) is 0 Å². The number of aromatic nitrogens is 2. The SMILES string of the molecule is Cc1ccc(C(=O)C(=O)N(C)Cc2nc3ccsc3c(=O)[nH]2)cc1. The summed E-state index contributed by atoms with van der Waals surface area (Å²) < 4.78 is 0.545. The summed E-state index contributed by atoms with van der Waals surface area (Å²) in [5, 5.41) is 1.78. The molecule has 0 aliphatic rings. The lowest BCUT2D eigenvalue weighted by Crippen LogP contribution is -2.34. The summed E-state index contributed by atoms with van der Waals surface area (Å²) in [6.45, 7) is 1.96. The summed E-state index contributed by atoms with van der Waals surface area (Å²) in [5.41, 5.74) is 1.70. The van der Waals surface area contributed by atoms with Gasteiger partial charge < -0.3 is 9.88 Å².